The highest BCUT2D eigenvalue weighted by Gasteiger charge is 2.37. The second-order valence-corrected chi connectivity index (χ2v) is 6.92. The van der Waals surface area contributed by atoms with Gasteiger partial charge in [-0.2, -0.15) is 0 Å². The van der Waals surface area contributed by atoms with Crippen LogP contribution in [0.15, 0.2) is 54.6 Å². The standard InChI is InChI=1S/C21H23N3O2/c25-20-17-8-4-5-9-18(17)21(26)24(20)14-19(15-6-2-1-3-7-15)23-16-10-12-22-13-11-16/h1-9,16,19,22-23H,10-14H2/t19-/m0/s1. The first-order chi connectivity index (χ1) is 12.7. The molecule has 1 saturated heterocycles. The Morgan fingerprint density at radius 3 is 2.12 bits per heavy atom. The molecule has 0 aliphatic carbocycles. The van der Waals surface area contributed by atoms with Crippen molar-refractivity contribution in [2.45, 2.75) is 24.9 Å². The normalized spacial score (nSPS) is 18.8. The summed E-state index contributed by atoms with van der Waals surface area (Å²) in [5.41, 5.74) is 2.11. The summed E-state index contributed by atoms with van der Waals surface area (Å²) in [5.74, 6) is -0.391. The molecule has 134 valence electrons. The zero-order valence-electron chi connectivity index (χ0n) is 14.7. The van der Waals surface area contributed by atoms with E-state index < -0.39 is 0 Å². The van der Waals surface area contributed by atoms with Crippen LogP contribution in [0.2, 0.25) is 0 Å². The minimum atomic E-state index is -0.196. The van der Waals surface area contributed by atoms with E-state index in [1.807, 2.05) is 18.2 Å². The molecule has 26 heavy (non-hydrogen) atoms. The molecular weight excluding hydrogens is 326 g/mol. The van der Waals surface area contributed by atoms with Crippen molar-refractivity contribution in [1.82, 2.24) is 15.5 Å². The molecule has 1 atom stereocenters. The summed E-state index contributed by atoms with van der Waals surface area (Å²) < 4.78 is 0. The molecule has 5 nitrogen and oxygen atoms in total. The highest BCUT2D eigenvalue weighted by Crippen LogP contribution is 2.26. The first kappa shape index (κ1) is 16.9. The number of imide groups is 1. The molecule has 4 rings (SSSR count). The summed E-state index contributed by atoms with van der Waals surface area (Å²) in [6.45, 7) is 2.33. The number of piperidine rings is 1. The Bertz CT molecular complexity index is 765. The van der Waals surface area contributed by atoms with Gasteiger partial charge in [0, 0.05) is 12.6 Å². The summed E-state index contributed by atoms with van der Waals surface area (Å²) in [6, 6.07) is 17.5. The summed E-state index contributed by atoms with van der Waals surface area (Å²) in [5, 5.41) is 7.05. The van der Waals surface area contributed by atoms with Gasteiger partial charge in [0.2, 0.25) is 0 Å². The fourth-order valence-electron chi connectivity index (χ4n) is 3.80. The number of carbonyl (C=O) groups excluding carboxylic acids is 2. The Labute approximate surface area is 153 Å². The number of fused-ring (bicyclic) bond motifs is 1. The van der Waals surface area contributed by atoms with Gasteiger partial charge >= 0.3 is 0 Å². The monoisotopic (exact) mass is 349 g/mol. The number of amides is 2. The molecule has 2 aromatic carbocycles. The predicted octanol–water partition coefficient (Wildman–Crippen LogP) is 2.37. The number of nitrogens with one attached hydrogen (secondary N) is 2. The van der Waals surface area contributed by atoms with Crippen molar-refractivity contribution in [2.75, 3.05) is 19.6 Å². The summed E-state index contributed by atoms with van der Waals surface area (Å²) in [6.07, 6.45) is 2.09. The molecular formula is C21H23N3O2. The van der Waals surface area contributed by atoms with Crippen LogP contribution >= 0.6 is 0 Å². The maximum Gasteiger partial charge on any atom is 0.261 e. The van der Waals surface area contributed by atoms with Gasteiger partial charge in [0.1, 0.15) is 0 Å². The van der Waals surface area contributed by atoms with Gasteiger partial charge in [-0.05, 0) is 43.6 Å². The van der Waals surface area contributed by atoms with E-state index in [4.69, 9.17) is 0 Å². The first-order valence-corrected chi connectivity index (χ1v) is 9.21. The van der Waals surface area contributed by atoms with Crippen LogP contribution in [0.4, 0.5) is 0 Å². The number of hydrogen-bond acceptors (Lipinski definition) is 4. The third kappa shape index (κ3) is 3.28. The number of benzene rings is 2. The lowest BCUT2D eigenvalue weighted by Gasteiger charge is -2.31. The Kier molecular flexibility index (Phi) is 4.82. The van der Waals surface area contributed by atoms with E-state index in [0.717, 1.165) is 31.5 Å². The van der Waals surface area contributed by atoms with Crippen LogP contribution in [-0.2, 0) is 0 Å². The summed E-state index contributed by atoms with van der Waals surface area (Å²) >= 11 is 0. The summed E-state index contributed by atoms with van der Waals surface area (Å²) in [4.78, 5) is 26.9. The van der Waals surface area contributed by atoms with Gasteiger partial charge in [0.15, 0.2) is 0 Å². The fraction of sp³-hybridized carbons (Fsp3) is 0.333. The molecule has 0 aromatic heterocycles. The van der Waals surface area contributed by atoms with E-state index in [2.05, 4.69) is 22.8 Å². The second kappa shape index (κ2) is 7.40. The van der Waals surface area contributed by atoms with E-state index in [0.29, 0.717) is 23.7 Å². The molecule has 0 unspecified atom stereocenters. The third-order valence-corrected chi connectivity index (χ3v) is 5.22. The highest BCUT2D eigenvalue weighted by molar-refractivity contribution is 6.21. The zero-order chi connectivity index (χ0) is 17.9. The topological polar surface area (TPSA) is 61.4 Å². The smallest absolute Gasteiger partial charge is 0.261 e. The van der Waals surface area contributed by atoms with Crippen LogP contribution in [0.25, 0.3) is 0 Å². The molecule has 2 aromatic rings. The molecule has 0 spiro atoms. The molecule has 0 bridgehead atoms. The second-order valence-electron chi connectivity index (χ2n) is 6.92. The van der Waals surface area contributed by atoms with Crippen LogP contribution in [0.3, 0.4) is 0 Å². The molecule has 2 heterocycles. The Hall–Kier alpha value is -2.50. The van der Waals surface area contributed by atoms with E-state index in [1.54, 1.807) is 24.3 Å². The fourth-order valence-corrected chi connectivity index (χ4v) is 3.80. The lowest BCUT2D eigenvalue weighted by molar-refractivity contribution is 0.0634. The molecule has 0 radical (unpaired) electrons. The van der Waals surface area contributed by atoms with Crippen molar-refractivity contribution in [3.63, 3.8) is 0 Å². The Morgan fingerprint density at radius 2 is 1.50 bits per heavy atom. The van der Waals surface area contributed by atoms with Crippen LogP contribution in [0.5, 0.6) is 0 Å². The maximum absolute atomic E-state index is 12.7. The van der Waals surface area contributed by atoms with Crippen molar-refractivity contribution < 1.29 is 9.59 Å². The van der Waals surface area contributed by atoms with Crippen LogP contribution in [-0.4, -0.2) is 42.4 Å². The van der Waals surface area contributed by atoms with Crippen LogP contribution in [0, 0.1) is 0 Å². The first-order valence-electron chi connectivity index (χ1n) is 9.21. The molecule has 2 N–H and O–H groups in total. The minimum absolute atomic E-state index is 0.0680. The Morgan fingerprint density at radius 1 is 0.923 bits per heavy atom. The summed E-state index contributed by atoms with van der Waals surface area (Å²) in [7, 11) is 0. The lowest BCUT2D eigenvalue weighted by Crippen LogP contribution is -2.45. The van der Waals surface area contributed by atoms with Crippen molar-refractivity contribution in [3.8, 4) is 0 Å². The molecule has 0 saturated carbocycles. The van der Waals surface area contributed by atoms with E-state index in [9.17, 15) is 9.59 Å². The van der Waals surface area contributed by atoms with Crippen molar-refractivity contribution >= 4 is 11.8 Å². The minimum Gasteiger partial charge on any atom is -0.317 e. The van der Waals surface area contributed by atoms with Gasteiger partial charge in [-0.3, -0.25) is 14.5 Å². The molecule has 2 aliphatic rings. The molecule has 2 amide bonds. The largest absolute Gasteiger partial charge is 0.317 e. The zero-order valence-corrected chi connectivity index (χ0v) is 14.7. The van der Waals surface area contributed by atoms with E-state index >= 15 is 0 Å². The number of nitrogens with zero attached hydrogens (tertiary/aromatic N) is 1. The van der Waals surface area contributed by atoms with Crippen molar-refractivity contribution in [2.24, 2.45) is 0 Å². The maximum atomic E-state index is 12.7. The number of rotatable bonds is 5. The van der Waals surface area contributed by atoms with Gasteiger partial charge in [-0.1, -0.05) is 42.5 Å². The van der Waals surface area contributed by atoms with Gasteiger partial charge in [0.25, 0.3) is 11.8 Å². The van der Waals surface area contributed by atoms with E-state index in [-0.39, 0.29) is 17.9 Å². The average Bonchev–Trinajstić information content (AvgIpc) is 2.94. The van der Waals surface area contributed by atoms with Gasteiger partial charge in [-0.25, -0.2) is 0 Å². The van der Waals surface area contributed by atoms with Gasteiger partial charge in [0.05, 0.1) is 17.2 Å². The van der Waals surface area contributed by atoms with Crippen molar-refractivity contribution in [3.05, 3.63) is 71.3 Å². The third-order valence-electron chi connectivity index (χ3n) is 5.22. The Balaban J connectivity index is 1.57. The van der Waals surface area contributed by atoms with Crippen molar-refractivity contribution in [1.29, 1.82) is 0 Å². The van der Waals surface area contributed by atoms with Gasteiger partial charge in [-0.15, -0.1) is 0 Å². The number of hydrogen-bond donors (Lipinski definition) is 2. The predicted molar refractivity (Wildman–Crippen MR) is 100 cm³/mol. The lowest BCUT2D eigenvalue weighted by atomic mass is 10.0. The molecule has 1 fully saturated rings. The number of carbonyl (C=O) groups is 2. The highest BCUT2D eigenvalue weighted by atomic mass is 16.2. The SMILES string of the molecule is O=C1c2ccccc2C(=O)N1C[C@H](NC1CCNCC1)c1ccccc1. The van der Waals surface area contributed by atoms with Crippen LogP contribution in [0.1, 0.15) is 45.2 Å². The molecule has 5 heteroatoms. The molecule has 2 aliphatic heterocycles. The van der Waals surface area contributed by atoms with Crippen LogP contribution < -0.4 is 10.6 Å². The van der Waals surface area contributed by atoms with Gasteiger partial charge < -0.3 is 10.6 Å². The average molecular weight is 349 g/mol. The quantitative estimate of drug-likeness (QED) is 0.814. The van der Waals surface area contributed by atoms with E-state index in [1.165, 1.54) is 4.90 Å².